The van der Waals surface area contributed by atoms with Crippen LogP contribution in [0.15, 0.2) is 36.5 Å². The summed E-state index contributed by atoms with van der Waals surface area (Å²) in [5.74, 6) is 6.99. The van der Waals surface area contributed by atoms with E-state index in [2.05, 4.69) is 23.5 Å². The first-order chi connectivity index (χ1) is 9.85. The van der Waals surface area contributed by atoms with Gasteiger partial charge in [0.2, 0.25) is 0 Å². The van der Waals surface area contributed by atoms with E-state index in [4.69, 9.17) is 10.6 Å². The fourth-order valence-electron chi connectivity index (χ4n) is 2.88. The van der Waals surface area contributed by atoms with E-state index in [0.29, 0.717) is 6.61 Å². The molecule has 0 fully saturated rings. The lowest BCUT2D eigenvalue weighted by Gasteiger charge is -2.23. The van der Waals surface area contributed by atoms with Gasteiger partial charge in [-0.15, -0.1) is 0 Å². The van der Waals surface area contributed by atoms with Gasteiger partial charge >= 0.3 is 0 Å². The maximum atomic E-state index is 5.82. The maximum absolute atomic E-state index is 5.82. The predicted octanol–water partition coefficient (Wildman–Crippen LogP) is 1.97. The first-order valence-corrected chi connectivity index (χ1v) is 7.04. The van der Waals surface area contributed by atoms with Crippen molar-refractivity contribution >= 4 is 0 Å². The Morgan fingerprint density at radius 3 is 3.10 bits per heavy atom. The smallest absolute Gasteiger partial charge is 0.122 e. The number of ether oxygens (including phenoxy) is 1. The monoisotopic (exact) mass is 272 g/mol. The number of nitrogens with one attached hydrogen (secondary N) is 1. The number of aromatic nitrogens is 2. The van der Waals surface area contributed by atoms with Crippen molar-refractivity contribution in [1.29, 1.82) is 0 Å². The van der Waals surface area contributed by atoms with Crippen LogP contribution in [0.1, 0.15) is 36.6 Å². The number of aryl methyl sites for hydroxylation is 1. The molecule has 1 aromatic heterocycles. The zero-order valence-corrected chi connectivity index (χ0v) is 11.6. The molecule has 1 aliphatic rings. The molecule has 20 heavy (non-hydrogen) atoms. The number of nitrogens with two attached hydrogens (primary N) is 1. The fourth-order valence-corrected chi connectivity index (χ4v) is 2.88. The Hall–Kier alpha value is -1.85. The highest BCUT2D eigenvalue weighted by atomic mass is 16.5. The zero-order valence-electron chi connectivity index (χ0n) is 11.6. The normalized spacial score (nSPS) is 18.6. The van der Waals surface area contributed by atoms with Gasteiger partial charge in [-0.05, 0) is 18.6 Å². The van der Waals surface area contributed by atoms with E-state index in [-0.39, 0.29) is 12.0 Å². The third kappa shape index (κ3) is 2.19. The topological polar surface area (TPSA) is 65.1 Å². The molecule has 2 unspecified atom stereocenters. The highest BCUT2D eigenvalue weighted by Gasteiger charge is 2.33. The Bertz CT molecular complexity index is 581. The Labute approximate surface area is 118 Å². The van der Waals surface area contributed by atoms with Crippen molar-refractivity contribution in [2.24, 2.45) is 5.84 Å². The van der Waals surface area contributed by atoms with Crippen LogP contribution in [0, 0.1) is 0 Å². The van der Waals surface area contributed by atoms with Gasteiger partial charge in [0.15, 0.2) is 0 Å². The van der Waals surface area contributed by atoms with Crippen LogP contribution >= 0.6 is 0 Å². The summed E-state index contributed by atoms with van der Waals surface area (Å²) in [7, 11) is 0. The number of nitrogens with zero attached hydrogens (tertiary/aromatic N) is 2. The van der Waals surface area contributed by atoms with Crippen LogP contribution in [0.4, 0.5) is 0 Å². The molecule has 1 aliphatic heterocycles. The lowest BCUT2D eigenvalue weighted by atomic mass is 9.91. The van der Waals surface area contributed by atoms with Crippen molar-refractivity contribution in [2.75, 3.05) is 6.61 Å². The lowest BCUT2D eigenvalue weighted by Crippen LogP contribution is -2.35. The number of hydrazine groups is 1. The maximum Gasteiger partial charge on any atom is 0.122 e. The van der Waals surface area contributed by atoms with Gasteiger partial charge in [-0.3, -0.25) is 16.0 Å². The second kappa shape index (κ2) is 5.64. The summed E-state index contributed by atoms with van der Waals surface area (Å²) >= 11 is 0. The van der Waals surface area contributed by atoms with E-state index in [9.17, 15) is 0 Å². The lowest BCUT2D eigenvalue weighted by molar-refractivity contribution is 0.294. The van der Waals surface area contributed by atoms with Gasteiger partial charge in [0.1, 0.15) is 5.75 Å². The molecule has 0 saturated carbocycles. The van der Waals surface area contributed by atoms with Crippen molar-refractivity contribution in [2.45, 2.75) is 31.8 Å². The summed E-state index contributed by atoms with van der Waals surface area (Å²) in [5, 5.41) is 4.38. The Balaban J connectivity index is 1.93. The second-order valence-corrected chi connectivity index (χ2v) is 5.08. The highest BCUT2D eigenvalue weighted by molar-refractivity contribution is 5.41. The van der Waals surface area contributed by atoms with Crippen LogP contribution in [0.3, 0.4) is 0 Å². The zero-order chi connectivity index (χ0) is 13.9. The molecule has 2 aromatic rings. The standard InChI is InChI=1S/C15H20N4O/c1-2-9-19-13(7-8-17-19)15(18-16)12-10-20-14-6-4-3-5-11(12)14/h3-8,12,15,18H,2,9-10,16H2,1H3. The first-order valence-electron chi connectivity index (χ1n) is 7.04. The number of hydrogen-bond acceptors (Lipinski definition) is 4. The molecule has 3 rings (SSSR count). The molecule has 0 saturated heterocycles. The molecule has 5 heteroatoms. The molecule has 0 radical (unpaired) electrons. The molecular weight excluding hydrogens is 252 g/mol. The van der Waals surface area contributed by atoms with Crippen molar-refractivity contribution in [3.8, 4) is 5.75 Å². The van der Waals surface area contributed by atoms with Gasteiger partial charge in [-0.1, -0.05) is 25.1 Å². The summed E-state index contributed by atoms with van der Waals surface area (Å²) in [6.07, 6.45) is 2.88. The van der Waals surface area contributed by atoms with E-state index >= 15 is 0 Å². The number of para-hydroxylation sites is 1. The van der Waals surface area contributed by atoms with Crippen LogP contribution in [-0.2, 0) is 6.54 Å². The van der Waals surface area contributed by atoms with Crippen LogP contribution in [0.25, 0.3) is 0 Å². The van der Waals surface area contributed by atoms with E-state index in [1.54, 1.807) is 0 Å². The van der Waals surface area contributed by atoms with E-state index < -0.39 is 0 Å². The van der Waals surface area contributed by atoms with Crippen LogP contribution in [-0.4, -0.2) is 16.4 Å². The van der Waals surface area contributed by atoms with Gasteiger partial charge in [-0.2, -0.15) is 5.10 Å². The summed E-state index contributed by atoms with van der Waals surface area (Å²) in [4.78, 5) is 0. The summed E-state index contributed by atoms with van der Waals surface area (Å²) in [6, 6.07) is 10.2. The minimum absolute atomic E-state index is 0.00713. The molecule has 0 spiro atoms. The first kappa shape index (κ1) is 13.1. The number of rotatable bonds is 5. The number of fused-ring (bicyclic) bond motifs is 1. The van der Waals surface area contributed by atoms with Crippen LogP contribution in [0.2, 0.25) is 0 Å². The van der Waals surface area contributed by atoms with E-state index in [1.165, 1.54) is 5.56 Å². The molecule has 5 nitrogen and oxygen atoms in total. The summed E-state index contributed by atoms with van der Waals surface area (Å²) in [6.45, 7) is 3.69. The average molecular weight is 272 g/mol. The number of benzene rings is 1. The van der Waals surface area contributed by atoms with Crippen LogP contribution < -0.4 is 16.0 Å². The third-order valence-electron chi connectivity index (χ3n) is 3.82. The molecule has 2 atom stereocenters. The Morgan fingerprint density at radius 1 is 1.45 bits per heavy atom. The van der Waals surface area contributed by atoms with E-state index in [0.717, 1.165) is 24.4 Å². The molecule has 0 bridgehead atoms. The van der Waals surface area contributed by atoms with Gasteiger partial charge in [-0.25, -0.2) is 0 Å². The summed E-state index contributed by atoms with van der Waals surface area (Å²) < 4.78 is 7.79. The van der Waals surface area contributed by atoms with Crippen LogP contribution in [0.5, 0.6) is 5.75 Å². The molecule has 3 N–H and O–H groups in total. The number of hydrogen-bond donors (Lipinski definition) is 2. The molecule has 0 amide bonds. The van der Waals surface area contributed by atoms with Crippen molar-refractivity contribution in [1.82, 2.24) is 15.2 Å². The largest absolute Gasteiger partial charge is 0.493 e. The van der Waals surface area contributed by atoms with Crippen molar-refractivity contribution < 1.29 is 4.74 Å². The molecular formula is C15H20N4O. The second-order valence-electron chi connectivity index (χ2n) is 5.08. The minimum Gasteiger partial charge on any atom is -0.493 e. The Kier molecular flexibility index (Phi) is 3.71. The molecule has 1 aromatic carbocycles. The third-order valence-corrected chi connectivity index (χ3v) is 3.82. The van der Waals surface area contributed by atoms with Gasteiger partial charge < -0.3 is 4.74 Å². The minimum atomic E-state index is 0.00713. The fraction of sp³-hybridized carbons (Fsp3) is 0.400. The molecule has 0 aliphatic carbocycles. The van der Waals surface area contributed by atoms with Gasteiger partial charge in [0.05, 0.1) is 18.3 Å². The average Bonchev–Trinajstić information content (AvgIpc) is 3.09. The highest BCUT2D eigenvalue weighted by Crippen LogP contribution is 2.40. The molecule has 106 valence electrons. The SMILES string of the molecule is CCCn1nccc1C(NN)C1COc2ccccc21. The van der Waals surface area contributed by atoms with Gasteiger partial charge in [0, 0.05) is 24.2 Å². The van der Waals surface area contributed by atoms with Gasteiger partial charge in [0.25, 0.3) is 0 Å². The predicted molar refractivity (Wildman–Crippen MR) is 77.3 cm³/mol. The van der Waals surface area contributed by atoms with E-state index in [1.807, 2.05) is 35.1 Å². The van der Waals surface area contributed by atoms with Crippen molar-refractivity contribution in [3.05, 3.63) is 47.8 Å². The van der Waals surface area contributed by atoms with Crippen molar-refractivity contribution in [3.63, 3.8) is 0 Å². The quantitative estimate of drug-likeness (QED) is 0.645. The molecule has 2 heterocycles. The Morgan fingerprint density at radius 2 is 2.30 bits per heavy atom. The summed E-state index contributed by atoms with van der Waals surface area (Å²) in [5.41, 5.74) is 5.26.